The number of nitrogens with zero attached hydrogens (tertiary/aromatic N) is 3. The first kappa shape index (κ1) is 18.0. The summed E-state index contributed by atoms with van der Waals surface area (Å²) < 4.78 is 0. The van der Waals surface area contributed by atoms with E-state index in [1.54, 1.807) is 18.5 Å². The fraction of sp³-hybridized carbons (Fsp3) is 0.300. The van der Waals surface area contributed by atoms with Crippen LogP contribution in [0.1, 0.15) is 17.3 Å². The molecule has 0 radical (unpaired) electrons. The number of rotatable bonds is 5. The molecule has 2 N–H and O–H groups in total. The van der Waals surface area contributed by atoms with Crippen LogP contribution in [0.2, 0.25) is 5.02 Å². The molecule has 4 rings (SSSR count). The van der Waals surface area contributed by atoms with Crippen molar-refractivity contribution in [2.24, 2.45) is 0 Å². The maximum Gasteiger partial charge on any atom is 0.325 e. The molecule has 7 heteroatoms. The number of carbonyl (C=O) groups is 1. The van der Waals surface area contributed by atoms with E-state index in [9.17, 15) is 9.90 Å². The van der Waals surface area contributed by atoms with Gasteiger partial charge in [0.1, 0.15) is 6.04 Å². The molecule has 0 amide bonds. The molecule has 1 fully saturated rings. The van der Waals surface area contributed by atoms with Crippen molar-refractivity contribution in [3.05, 3.63) is 65.1 Å². The molecule has 140 valence electrons. The number of H-pyrrole nitrogens is 1. The normalized spacial score (nSPS) is 17.2. The molecule has 6 nitrogen and oxygen atoms in total. The number of piperazine rings is 1. The molecule has 3 aromatic rings. The molecule has 0 bridgehead atoms. The molecule has 1 atom stereocenters. The van der Waals surface area contributed by atoms with E-state index >= 15 is 0 Å². The van der Waals surface area contributed by atoms with Crippen LogP contribution in [0.25, 0.3) is 10.9 Å². The maximum absolute atomic E-state index is 12.1. The van der Waals surface area contributed by atoms with Crippen molar-refractivity contribution in [2.45, 2.75) is 12.6 Å². The molecule has 3 heterocycles. The second-order valence-corrected chi connectivity index (χ2v) is 7.24. The number of carboxylic acid groups (broad SMARTS) is 1. The molecular formula is C20H21ClN4O2. The van der Waals surface area contributed by atoms with Gasteiger partial charge in [-0.1, -0.05) is 23.7 Å². The summed E-state index contributed by atoms with van der Waals surface area (Å²) >= 11 is 6.04. The standard InChI is InChI=1S/C20H21ClN4O2/c21-14-4-5-16-17(12-23-18(16)11-14)19(20(26)27)25-9-7-24(8-10-25)13-15-3-1-2-6-22-15/h1-6,11-12,19,23H,7-10,13H2,(H,26,27)/t19-/m0/s1. The summed E-state index contributed by atoms with van der Waals surface area (Å²) in [5, 5.41) is 11.4. The Morgan fingerprint density at radius 3 is 2.74 bits per heavy atom. The zero-order valence-corrected chi connectivity index (χ0v) is 15.6. The molecule has 1 saturated heterocycles. The summed E-state index contributed by atoms with van der Waals surface area (Å²) in [6.45, 7) is 3.81. The van der Waals surface area contributed by atoms with Gasteiger partial charge in [0.05, 0.1) is 5.69 Å². The van der Waals surface area contributed by atoms with Crippen LogP contribution < -0.4 is 0 Å². The third-order valence-electron chi connectivity index (χ3n) is 5.09. The quantitative estimate of drug-likeness (QED) is 0.707. The van der Waals surface area contributed by atoms with E-state index in [0.29, 0.717) is 18.1 Å². The van der Waals surface area contributed by atoms with E-state index in [-0.39, 0.29) is 0 Å². The largest absolute Gasteiger partial charge is 0.480 e. The minimum absolute atomic E-state index is 0.630. The van der Waals surface area contributed by atoms with E-state index in [2.05, 4.69) is 14.9 Å². The summed E-state index contributed by atoms with van der Waals surface area (Å²) in [6, 6.07) is 10.8. The number of pyridine rings is 1. The smallest absolute Gasteiger partial charge is 0.325 e. The van der Waals surface area contributed by atoms with Gasteiger partial charge in [-0.25, -0.2) is 0 Å². The van der Waals surface area contributed by atoms with Crippen LogP contribution in [0, 0.1) is 0 Å². The number of hydrogen-bond acceptors (Lipinski definition) is 4. The summed E-state index contributed by atoms with van der Waals surface area (Å²) in [5.74, 6) is -0.830. The van der Waals surface area contributed by atoms with Crippen molar-refractivity contribution in [3.63, 3.8) is 0 Å². The third kappa shape index (κ3) is 3.83. The Morgan fingerprint density at radius 2 is 2.04 bits per heavy atom. The first-order valence-corrected chi connectivity index (χ1v) is 9.35. The third-order valence-corrected chi connectivity index (χ3v) is 5.32. The lowest BCUT2D eigenvalue weighted by molar-refractivity contribution is -0.144. The van der Waals surface area contributed by atoms with Gasteiger partial charge in [0, 0.05) is 66.6 Å². The Kier molecular flexibility index (Phi) is 5.11. The number of aliphatic carboxylic acids is 1. The van der Waals surface area contributed by atoms with Crippen LogP contribution in [0.15, 0.2) is 48.8 Å². The van der Waals surface area contributed by atoms with Crippen LogP contribution >= 0.6 is 11.6 Å². The van der Waals surface area contributed by atoms with Gasteiger partial charge in [-0.15, -0.1) is 0 Å². The first-order chi connectivity index (χ1) is 13.1. The number of benzene rings is 1. The van der Waals surface area contributed by atoms with Gasteiger partial charge < -0.3 is 10.1 Å². The van der Waals surface area contributed by atoms with Crippen molar-refractivity contribution < 1.29 is 9.90 Å². The minimum atomic E-state index is -0.830. The number of carboxylic acids is 1. The minimum Gasteiger partial charge on any atom is -0.480 e. The Labute approximate surface area is 162 Å². The van der Waals surface area contributed by atoms with Crippen molar-refractivity contribution in [1.82, 2.24) is 19.8 Å². The summed E-state index contributed by atoms with van der Waals surface area (Å²) in [4.78, 5) is 23.9. The van der Waals surface area contributed by atoms with E-state index < -0.39 is 12.0 Å². The van der Waals surface area contributed by atoms with Gasteiger partial charge in [0.2, 0.25) is 0 Å². The number of aromatic nitrogens is 2. The SMILES string of the molecule is O=C(O)[C@H](c1c[nH]c2cc(Cl)ccc12)N1CCN(Cc2ccccn2)CC1. The van der Waals surface area contributed by atoms with Crippen molar-refractivity contribution in [2.75, 3.05) is 26.2 Å². The predicted octanol–water partition coefficient (Wildman–Crippen LogP) is 3.16. The maximum atomic E-state index is 12.1. The molecule has 1 aromatic carbocycles. The van der Waals surface area contributed by atoms with Gasteiger partial charge in [-0.2, -0.15) is 0 Å². The average Bonchev–Trinajstić information content (AvgIpc) is 3.06. The molecule has 1 aliphatic heterocycles. The molecule has 2 aromatic heterocycles. The number of hydrogen-bond donors (Lipinski definition) is 2. The fourth-order valence-electron chi connectivity index (χ4n) is 3.73. The van der Waals surface area contributed by atoms with Gasteiger partial charge in [0.25, 0.3) is 0 Å². The lowest BCUT2D eigenvalue weighted by atomic mass is 10.0. The Bertz CT molecular complexity index is 936. The van der Waals surface area contributed by atoms with Crippen LogP contribution in [-0.2, 0) is 11.3 Å². The number of halogens is 1. The number of fused-ring (bicyclic) bond motifs is 1. The second kappa shape index (κ2) is 7.68. The summed E-state index contributed by atoms with van der Waals surface area (Å²) in [7, 11) is 0. The van der Waals surface area contributed by atoms with E-state index in [1.165, 1.54) is 0 Å². The monoisotopic (exact) mass is 384 g/mol. The second-order valence-electron chi connectivity index (χ2n) is 6.81. The average molecular weight is 385 g/mol. The highest BCUT2D eigenvalue weighted by molar-refractivity contribution is 6.31. The molecule has 0 aliphatic carbocycles. The Morgan fingerprint density at radius 1 is 1.22 bits per heavy atom. The highest BCUT2D eigenvalue weighted by atomic mass is 35.5. The van der Waals surface area contributed by atoms with Gasteiger partial charge in [-0.3, -0.25) is 19.6 Å². The van der Waals surface area contributed by atoms with Gasteiger partial charge in [0.15, 0.2) is 0 Å². The molecule has 27 heavy (non-hydrogen) atoms. The fourth-order valence-corrected chi connectivity index (χ4v) is 3.91. The molecule has 0 saturated carbocycles. The highest BCUT2D eigenvalue weighted by Crippen LogP contribution is 2.31. The van der Waals surface area contributed by atoms with Gasteiger partial charge in [-0.05, 0) is 24.3 Å². The van der Waals surface area contributed by atoms with Crippen LogP contribution in [0.5, 0.6) is 0 Å². The van der Waals surface area contributed by atoms with Crippen molar-refractivity contribution in [1.29, 1.82) is 0 Å². The molecule has 1 aliphatic rings. The topological polar surface area (TPSA) is 72.5 Å². The predicted molar refractivity (Wildman–Crippen MR) is 105 cm³/mol. The summed E-state index contributed by atoms with van der Waals surface area (Å²) in [6.07, 6.45) is 3.59. The van der Waals surface area contributed by atoms with Crippen LogP contribution in [-0.4, -0.2) is 57.0 Å². The lowest BCUT2D eigenvalue weighted by Gasteiger charge is -2.37. The molecular weight excluding hydrogens is 364 g/mol. The zero-order chi connectivity index (χ0) is 18.8. The van der Waals surface area contributed by atoms with Crippen molar-refractivity contribution in [3.8, 4) is 0 Å². The van der Waals surface area contributed by atoms with E-state index in [1.807, 2.05) is 35.2 Å². The summed E-state index contributed by atoms with van der Waals surface area (Å²) in [5.41, 5.74) is 2.68. The number of nitrogens with one attached hydrogen (secondary N) is 1. The molecule has 0 unspecified atom stereocenters. The van der Waals surface area contributed by atoms with Crippen molar-refractivity contribution >= 4 is 28.5 Å². The van der Waals surface area contributed by atoms with Crippen LogP contribution in [0.4, 0.5) is 0 Å². The van der Waals surface area contributed by atoms with Gasteiger partial charge >= 0.3 is 5.97 Å². The Hall–Kier alpha value is -2.41. The Balaban J connectivity index is 1.49. The van der Waals surface area contributed by atoms with E-state index in [4.69, 9.17) is 11.6 Å². The highest BCUT2D eigenvalue weighted by Gasteiger charge is 2.32. The van der Waals surface area contributed by atoms with E-state index in [0.717, 1.165) is 41.8 Å². The lowest BCUT2D eigenvalue weighted by Crippen LogP contribution is -2.48. The zero-order valence-electron chi connectivity index (χ0n) is 14.8. The first-order valence-electron chi connectivity index (χ1n) is 8.97. The number of aromatic amines is 1. The van der Waals surface area contributed by atoms with Crippen LogP contribution in [0.3, 0.4) is 0 Å². The molecule has 0 spiro atoms.